The van der Waals surface area contributed by atoms with Crippen LogP contribution >= 0.6 is 0 Å². The number of benzene rings is 1. The molecule has 0 atom stereocenters. The van der Waals surface area contributed by atoms with Gasteiger partial charge in [-0.05, 0) is 43.2 Å². The Morgan fingerprint density at radius 1 is 1.12 bits per heavy atom. The first-order valence-corrected chi connectivity index (χ1v) is 5.52. The van der Waals surface area contributed by atoms with Crippen molar-refractivity contribution in [1.29, 1.82) is 5.26 Å². The molecule has 0 unspecified atom stereocenters. The molecule has 0 amide bonds. The van der Waals surface area contributed by atoms with E-state index in [1.54, 1.807) is 0 Å². The van der Waals surface area contributed by atoms with Crippen LogP contribution in [0.3, 0.4) is 0 Å². The molecule has 86 valence electrons. The summed E-state index contributed by atoms with van der Waals surface area (Å²) in [6.07, 6.45) is 0. The van der Waals surface area contributed by atoms with E-state index in [4.69, 9.17) is 5.26 Å². The number of pyridine rings is 1. The van der Waals surface area contributed by atoms with E-state index in [0.29, 0.717) is 5.56 Å². The number of aryl methyl sites for hydroxylation is 2. The van der Waals surface area contributed by atoms with E-state index in [9.17, 15) is 0 Å². The standard InChI is InChI=1S/C14H15N3/c1-9-5-11-7-12(8-15)14(17(3)4)16-13(11)6-10(9)2/h5-7H,1-4H3. The molecule has 17 heavy (non-hydrogen) atoms. The van der Waals surface area contributed by atoms with Gasteiger partial charge < -0.3 is 4.90 Å². The molecule has 0 aliphatic carbocycles. The number of aromatic nitrogens is 1. The quantitative estimate of drug-likeness (QED) is 0.749. The Morgan fingerprint density at radius 2 is 1.76 bits per heavy atom. The second-order valence-electron chi connectivity index (χ2n) is 4.49. The van der Waals surface area contributed by atoms with Gasteiger partial charge in [0.05, 0.1) is 11.1 Å². The lowest BCUT2D eigenvalue weighted by Crippen LogP contribution is -2.12. The van der Waals surface area contributed by atoms with Gasteiger partial charge in [-0.3, -0.25) is 0 Å². The highest BCUT2D eigenvalue weighted by Crippen LogP contribution is 2.24. The predicted molar refractivity (Wildman–Crippen MR) is 70.3 cm³/mol. The third kappa shape index (κ3) is 1.94. The van der Waals surface area contributed by atoms with E-state index in [1.165, 1.54) is 11.1 Å². The van der Waals surface area contributed by atoms with Crippen LogP contribution < -0.4 is 4.90 Å². The maximum Gasteiger partial charge on any atom is 0.146 e. The van der Waals surface area contributed by atoms with Crippen LogP contribution in [0.25, 0.3) is 10.9 Å². The fourth-order valence-corrected chi connectivity index (χ4v) is 1.85. The van der Waals surface area contributed by atoms with Crippen molar-refractivity contribution < 1.29 is 0 Å². The smallest absolute Gasteiger partial charge is 0.146 e. The van der Waals surface area contributed by atoms with Crippen molar-refractivity contribution in [2.24, 2.45) is 0 Å². The molecule has 1 aromatic heterocycles. The second kappa shape index (κ2) is 4.06. The van der Waals surface area contributed by atoms with Gasteiger partial charge in [0.1, 0.15) is 11.9 Å². The van der Waals surface area contributed by atoms with Crippen molar-refractivity contribution in [1.82, 2.24) is 4.98 Å². The van der Waals surface area contributed by atoms with Gasteiger partial charge >= 0.3 is 0 Å². The number of nitrogens with zero attached hydrogens (tertiary/aromatic N) is 3. The molecule has 3 nitrogen and oxygen atoms in total. The lowest BCUT2D eigenvalue weighted by atomic mass is 10.0. The van der Waals surface area contributed by atoms with Gasteiger partial charge in [-0.1, -0.05) is 0 Å². The monoisotopic (exact) mass is 225 g/mol. The molecule has 0 spiro atoms. The average molecular weight is 225 g/mol. The predicted octanol–water partition coefficient (Wildman–Crippen LogP) is 2.79. The molecule has 2 rings (SSSR count). The zero-order valence-electron chi connectivity index (χ0n) is 10.6. The van der Waals surface area contributed by atoms with Gasteiger partial charge in [-0.25, -0.2) is 4.98 Å². The Labute approximate surface area is 101 Å². The van der Waals surface area contributed by atoms with E-state index < -0.39 is 0 Å². The SMILES string of the molecule is Cc1cc2cc(C#N)c(N(C)C)nc2cc1C. The Balaban J connectivity index is 2.80. The average Bonchev–Trinajstić information content (AvgIpc) is 2.29. The minimum absolute atomic E-state index is 0.616. The van der Waals surface area contributed by atoms with Crippen LogP contribution in [-0.2, 0) is 0 Å². The summed E-state index contributed by atoms with van der Waals surface area (Å²) in [6.45, 7) is 4.14. The molecule has 3 heteroatoms. The summed E-state index contributed by atoms with van der Waals surface area (Å²) in [5.41, 5.74) is 4.00. The maximum absolute atomic E-state index is 9.13. The molecule has 0 radical (unpaired) electrons. The number of hydrogen-bond donors (Lipinski definition) is 0. The van der Waals surface area contributed by atoms with Crippen LogP contribution in [0.1, 0.15) is 16.7 Å². The fourth-order valence-electron chi connectivity index (χ4n) is 1.85. The zero-order chi connectivity index (χ0) is 12.6. The van der Waals surface area contributed by atoms with Gasteiger partial charge in [0, 0.05) is 19.5 Å². The van der Waals surface area contributed by atoms with Gasteiger partial charge in [-0.2, -0.15) is 5.26 Å². The van der Waals surface area contributed by atoms with Crippen LogP contribution in [0.2, 0.25) is 0 Å². The highest BCUT2D eigenvalue weighted by atomic mass is 15.1. The molecule has 1 heterocycles. The van der Waals surface area contributed by atoms with Gasteiger partial charge in [-0.15, -0.1) is 0 Å². The normalized spacial score (nSPS) is 10.3. The largest absolute Gasteiger partial charge is 0.362 e. The fraction of sp³-hybridized carbons (Fsp3) is 0.286. The Kier molecular flexibility index (Phi) is 2.72. The summed E-state index contributed by atoms with van der Waals surface area (Å²) in [5.74, 6) is 0.725. The summed E-state index contributed by atoms with van der Waals surface area (Å²) in [4.78, 5) is 6.42. The molecular formula is C14H15N3. The summed E-state index contributed by atoms with van der Waals surface area (Å²) < 4.78 is 0. The molecule has 0 aliphatic rings. The van der Waals surface area contributed by atoms with E-state index in [-0.39, 0.29) is 0 Å². The molecule has 0 aliphatic heterocycles. The zero-order valence-corrected chi connectivity index (χ0v) is 10.6. The van der Waals surface area contributed by atoms with Crippen LogP contribution in [0.15, 0.2) is 18.2 Å². The minimum atomic E-state index is 0.616. The molecule has 0 saturated carbocycles. The van der Waals surface area contributed by atoms with Crippen LogP contribution in [0.5, 0.6) is 0 Å². The van der Waals surface area contributed by atoms with Gasteiger partial charge in [0.15, 0.2) is 0 Å². The number of hydrogen-bond acceptors (Lipinski definition) is 3. The topological polar surface area (TPSA) is 39.9 Å². The number of rotatable bonds is 1. The van der Waals surface area contributed by atoms with Crippen LogP contribution in [0, 0.1) is 25.2 Å². The Morgan fingerprint density at radius 3 is 2.35 bits per heavy atom. The maximum atomic E-state index is 9.13. The Bertz CT molecular complexity index is 621. The van der Waals surface area contributed by atoms with E-state index in [1.807, 2.05) is 25.1 Å². The molecular weight excluding hydrogens is 210 g/mol. The molecule has 2 aromatic rings. The molecule has 1 aromatic carbocycles. The van der Waals surface area contributed by atoms with Crippen molar-refractivity contribution in [2.75, 3.05) is 19.0 Å². The van der Waals surface area contributed by atoms with Crippen molar-refractivity contribution in [2.45, 2.75) is 13.8 Å². The first-order valence-electron chi connectivity index (χ1n) is 5.52. The first kappa shape index (κ1) is 11.4. The lowest BCUT2D eigenvalue weighted by molar-refractivity contribution is 1.07. The van der Waals surface area contributed by atoms with E-state index >= 15 is 0 Å². The highest BCUT2D eigenvalue weighted by Gasteiger charge is 2.09. The second-order valence-corrected chi connectivity index (χ2v) is 4.49. The van der Waals surface area contributed by atoms with Crippen molar-refractivity contribution >= 4 is 16.7 Å². The first-order chi connectivity index (χ1) is 8.02. The minimum Gasteiger partial charge on any atom is -0.362 e. The summed E-state index contributed by atoms with van der Waals surface area (Å²) in [6, 6.07) is 8.26. The lowest BCUT2D eigenvalue weighted by Gasteiger charge is -2.14. The highest BCUT2D eigenvalue weighted by molar-refractivity contribution is 5.84. The molecule has 0 N–H and O–H groups in total. The van der Waals surface area contributed by atoms with Crippen molar-refractivity contribution in [3.8, 4) is 6.07 Å². The van der Waals surface area contributed by atoms with E-state index in [2.05, 4.69) is 37.0 Å². The molecule has 0 saturated heterocycles. The summed E-state index contributed by atoms with van der Waals surface area (Å²) in [5, 5.41) is 10.2. The number of anilines is 1. The van der Waals surface area contributed by atoms with E-state index in [0.717, 1.165) is 16.7 Å². The number of fused-ring (bicyclic) bond motifs is 1. The summed E-state index contributed by atoms with van der Waals surface area (Å²) in [7, 11) is 3.80. The van der Waals surface area contributed by atoms with Crippen LogP contribution in [0.4, 0.5) is 5.82 Å². The van der Waals surface area contributed by atoms with Gasteiger partial charge in [0.2, 0.25) is 0 Å². The Hall–Kier alpha value is -2.08. The van der Waals surface area contributed by atoms with Crippen LogP contribution in [-0.4, -0.2) is 19.1 Å². The van der Waals surface area contributed by atoms with Crippen molar-refractivity contribution in [3.63, 3.8) is 0 Å². The summed E-state index contributed by atoms with van der Waals surface area (Å²) >= 11 is 0. The number of nitriles is 1. The molecule has 0 fully saturated rings. The van der Waals surface area contributed by atoms with Crippen molar-refractivity contribution in [3.05, 3.63) is 34.9 Å². The molecule has 0 bridgehead atoms. The van der Waals surface area contributed by atoms with Gasteiger partial charge in [0.25, 0.3) is 0 Å². The third-order valence-corrected chi connectivity index (χ3v) is 2.95. The third-order valence-electron chi connectivity index (χ3n) is 2.95.